The van der Waals surface area contributed by atoms with Crippen LogP contribution >= 0.6 is 22.6 Å². The Balaban J connectivity index is 2.06. The van der Waals surface area contributed by atoms with Gasteiger partial charge in [-0.2, -0.15) is 0 Å². The molecule has 1 aliphatic rings. The Bertz CT molecular complexity index is 412. The van der Waals surface area contributed by atoms with E-state index in [1.54, 1.807) is 0 Å². The van der Waals surface area contributed by atoms with Crippen molar-refractivity contribution in [2.24, 2.45) is 0 Å². The van der Waals surface area contributed by atoms with Gasteiger partial charge in [-0.05, 0) is 67.7 Å². The molecular weight excluding hydrogens is 337 g/mol. The van der Waals surface area contributed by atoms with Crippen molar-refractivity contribution in [1.82, 2.24) is 4.90 Å². The molecule has 100 valence electrons. The summed E-state index contributed by atoms with van der Waals surface area (Å²) in [5, 5.41) is 3.60. The van der Waals surface area contributed by atoms with Gasteiger partial charge < -0.3 is 16.0 Å². The maximum atomic E-state index is 5.78. The van der Waals surface area contributed by atoms with Gasteiger partial charge in [-0.25, -0.2) is 0 Å². The highest BCUT2D eigenvalue weighted by Gasteiger charge is 2.35. The first-order valence-corrected chi connectivity index (χ1v) is 7.58. The van der Waals surface area contributed by atoms with Crippen LogP contribution in [0.5, 0.6) is 0 Å². The topological polar surface area (TPSA) is 41.3 Å². The number of anilines is 2. The van der Waals surface area contributed by atoms with Gasteiger partial charge in [-0.1, -0.05) is 12.8 Å². The molecule has 0 unspecified atom stereocenters. The predicted molar refractivity (Wildman–Crippen MR) is 86.9 cm³/mol. The Morgan fingerprint density at radius 1 is 1.33 bits per heavy atom. The highest BCUT2D eigenvalue weighted by atomic mass is 127. The molecule has 0 saturated heterocycles. The first-order chi connectivity index (χ1) is 8.53. The van der Waals surface area contributed by atoms with Crippen molar-refractivity contribution < 1.29 is 0 Å². The molecular formula is C14H22IN3. The van der Waals surface area contributed by atoms with Crippen molar-refractivity contribution in [2.75, 3.05) is 31.7 Å². The number of nitrogens with two attached hydrogens (primary N) is 1. The summed E-state index contributed by atoms with van der Waals surface area (Å²) in [7, 11) is 4.39. The van der Waals surface area contributed by atoms with E-state index in [0.29, 0.717) is 5.54 Å². The molecule has 0 radical (unpaired) electrons. The van der Waals surface area contributed by atoms with Crippen LogP contribution in [0, 0.1) is 3.57 Å². The van der Waals surface area contributed by atoms with Crippen molar-refractivity contribution in [3.63, 3.8) is 0 Å². The average molecular weight is 359 g/mol. The number of likely N-dealkylation sites (N-methyl/N-ethyl adjacent to an activating group) is 1. The normalized spacial score (nSPS) is 18.2. The lowest BCUT2D eigenvalue weighted by molar-refractivity contribution is 0.172. The van der Waals surface area contributed by atoms with Crippen LogP contribution in [0.2, 0.25) is 0 Å². The SMILES string of the molecule is CN(C)C1(CNc2ccc(N)cc2I)CCCC1. The Morgan fingerprint density at radius 2 is 2.00 bits per heavy atom. The Kier molecular flexibility index (Phi) is 4.37. The summed E-state index contributed by atoms with van der Waals surface area (Å²) < 4.78 is 1.19. The minimum atomic E-state index is 0.324. The maximum absolute atomic E-state index is 5.78. The summed E-state index contributed by atoms with van der Waals surface area (Å²) in [5.41, 5.74) is 8.12. The van der Waals surface area contributed by atoms with Crippen LogP contribution in [-0.4, -0.2) is 31.1 Å². The lowest BCUT2D eigenvalue weighted by Gasteiger charge is -2.37. The Hall–Kier alpha value is -0.490. The van der Waals surface area contributed by atoms with Crippen LogP contribution in [0.1, 0.15) is 25.7 Å². The van der Waals surface area contributed by atoms with Crippen molar-refractivity contribution >= 4 is 34.0 Å². The summed E-state index contributed by atoms with van der Waals surface area (Å²) in [6, 6.07) is 6.05. The molecule has 0 atom stereocenters. The number of nitrogens with one attached hydrogen (secondary N) is 1. The number of halogens is 1. The predicted octanol–water partition coefficient (Wildman–Crippen LogP) is 3.16. The largest absolute Gasteiger partial charge is 0.399 e. The summed E-state index contributed by atoms with van der Waals surface area (Å²) in [5.74, 6) is 0. The molecule has 1 fully saturated rings. The lowest BCUT2D eigenvalue weighted by Crippen LogP contribution is -2.47. The molecule has 18 heavy (non-hydrogen) atoms. The summed E-state index contributed by atoms with van der Waals surface area (Å²) >= 11 is 2.34. The Labute approximate surface area is 123 Å². The second-order valence-corrected chi connectivity index (χ2v) is 6.58. The van der Waals surface area contributed by atoms with Crippen LogP contribution in [-0.2, 0) is 0 Å². The Morgan fingerprint density at radius 3 is 2.56 bits per heavy atom. The smallest absolute Gasteiger partial charge is 0.0478 e. The van der Waals surface area contributed by atoms with E-state index in [4.69, 9.17) is 5.73 Å². The number of hydrogen-bond acceptors (Lipinski definition) is 3. The van der Waals surface area contributed by atoms with E-state index < -0.39 is 0 Å². The van der Waals surface area contributed by atoms with Gasteiger partial charge in [0.05, 0.1) is 0 Å². The zero-order valence-corrected chi connectivity index (χ0v) is 13.3. The zero-order valence-electron chi connectivity index (χ0n) is 11.2. The van der Waals surface area contributed by atoms with Crippen LogP contribution in [0.3, 0.4) is 0 Å². The van der Waals surface area contributed by atoms with Crippen molar-refractivity contribution in [1.29, 1.82) is 0 Å². The van der Waals surface area contributed by atoms with Gasteiger partial charge in [0.2, 0.25) is 0 Å². The molecule has 3 N–H and O–H groups in total. The van der Waals surface area contributed by atoms with Crippen LogP contribution in [0.15, 0.2) is 18.2 Å². The molecule has 0 heterocycles. The van der Waals surface area contributed by atoms with Gasteiger partial charge in [0, 0.05) is 27.0 Å². The van der Waals surface area contributed by atoms with Gasteiger partial charge in [-0.3, -0.25) is 0 Å². The fraction of sp³-hybridized carbons (Fsp3) is 0.571. The summed E-state index contributed by atoms with van der Waals surface area (Å²) in [4.78, 5) is 2.39. The minimum absolute atomic E-state index is 0.324. The average Bonchev–Trinajstić information content (AvgIpc) is 2.78. The van der Waals surface area contributed by atoms with Crippen LogP contribution in [0.4, 0.5) is 11.4 Å². The van der Waals surface area contributed by atoms with Crippen molar-refractivity contribution in [3.8, 4) is 0 Å². The maximum Gasteiger partial charge on any atom is 0.0478 e. The molecule has 0 bridgehead atoms. The fourth-order valence-corrected chi connectivity index (χ4v) is 3.48. The van der Waals surface area contributed by atoms with Crippen LogP contribution < -0.4 is 11.1 Å². The van der Waals surface area contributed by atoms with Gasteiger partial charge in [0.25, 0.3) is 0 Å². The third-order valence-electron chi connectivity index (χ3n) is 4.08. The van der Waals surface area contributed by atoms with E-state index >= 15 is 0 Å². The molecule has 3 nitrogen and oxygen atoms in total. The second-order valence-electron chi connectivity index (χ2n) is 5.42. The third kappa shape index (κ3) is 2.91. The third-order valence-corrected chi connectivity index (χ3v) is 4.98. The molecule has 2 rings (SSSR count). The number of hydrogen-bond donors (Lipinski definition) is 2. The number of rotatable bonds is 4. The monoisotopic (exact) mass is 359 g/mol. The van der Waals surface area contributed by atoms with E-state index in [1.165, 1.54) is 34.9 Å². The van der Waals surface area contributed by atoms with Gasteiger partial charge >= 0.3 is 0 Å². The molecule has 0 amide bonds. The minimum Gasteiger partial charge on any atom is -0.399 e. The van der Waals surface area contributed by atoms with Gasteiger partial charge in [0.15, 0.2) is 0 Å². The van der Waals surface area contributed by atoms with E-state index in [0.717, 1.165) is 12.2 Å². The van der Waals surface area contributed by atoms with Gasteiger partial charge in [-0.15, -0.1) is 0 Å². The first-order valence-electron chi connectivity index (χ1n) is 6.50. The number of benzene rings is 1. The number of nitrogen functional groups attached to an aromatic ring is 1. The molecule has 1 aromatic rings. The molecule has 1 saturated carbocycles. The van der Waals surface area contributed by atoms with E-state index in [9.17, 15) is 0 Å². The van der Waals surface area contributed by atoms with Crippen molar-refractivity contribution in [2.45, 2.75) is 31.2 Å². The van der Waals surface area contributed by atoms with E-state index in [2.05, 4.69) is 53.0 Å². The zero-order chi connectivity index (χ0) is 13.2. The quantitative estimate of drug-likeness (QED) is 0.641. The molecule has 1 aromatic carbocycles. The molecule has 0 aliphatic heterocycles. The summed E-state index contributed by atoms with van der Waals surface area (Å²) in [6.45, 7) is 1.01. The highest BCUT2D eigenvalue weighted by Crippen LogP contribution is 2.34. The van der Waals surface area contributed by atoms with Crippen LogP contribution in [0.25, 0.3) is 0 Å². The summed E-state index contributed by atoms with van der Waals surface area (Å²) in [6.07, 6.45) is 5.27. The second kappa shape index (κ2) is 5.65. The standard InChI is InChI=1S/C14H22IN3/c1-18(2)14(7-3-4-8-14)10-17-13-6-5-11(16)9-12(13)15/h5-6,9,17H,3-4,7-8,10,16H2,1-2H3. The van der Waals surface area contributed by atoms with Gasteiger partial charge in [0.1, 0.15) is 0 Å². The van der Waals surface area contributed by atoms with E-state index in [1.807, 2.05) is 12.1 Å². The molecule has 4 heteroatoms. The lowest BCUT2D eigenvalue weighted by atomic mass is 9.96. The molecule has 1 aliphatic carbocycles. The first kappa shape index (κ1) is 13.9. The molecule has 0 aromatic heterocycles. The number of nitrogens with zero attached hydrogens (tertiary/aromatic N) is 1. The van der Waals surface area contributed by atoms with E-state index in [-0.39, 0.29) is 0 Å². The molecule has 0 spiro atoms. The fourth-order valence-electron chi connectivity index (χ4n) is 2.75. The van der Waals surface area contributed by atoms with Crippen molar-refractivity contribution in [3.05, 3.63) is 21.8 Å². The highest BCUT2D eigenvalue weighted by molar-refractivity contribution is 14.1.